The van der Waals surface area contributed by atoms with E-state index >= 15 is 0 Å². The molecule has 1 N–H and O–H groups in total. The topological polar surface area (TPSA) is 46.9 Å². The van der Waals surface area contributed by atoms with Gasteiger partial charge < -0.3 is 5.32 Å². The zero-order valence-corrected chi connectivity index (χ0v) is 12.1. The van der Waals surface area contributed by atoms with Gasteiger partial charge >= 0.3 is 6.18 Å². The van der Waals surface area contributed by atoms with E-state index in [9.17, 15) is 22.4 Å². The molecule has 0 bridgehead atoms. The second-order valence-corrected chi connectivity index (χ2v) is 4.64. The lowest BCUT2D eigenvalue weighted by Gasteiger charge is -2.09. The molecule has 0 saturated carbocycles. The number of aryl methyl sites for hydroxylation is 1. The van der Waals surface area contributed by atoms with Crippen molar-refractivity contribution in [1.82, 2.24) is 9.78 Å². The third-order valence-electron chi connectivity index (χ3n) is 2.96. The van der Waals surface area contributed by atoms with Gasteiger partial charge in [-0.3, -0.25) is 9.48 Å². The largest absolute Gasteiger partial charge is 0.416 e. The van der Waals surface area contributed by atoms with E-state index < -0.39 is 29.2 Å². The van der Waals surface area contributed by atoms with Gasteiger partial charge in [0.25, 0.3) is 0 Å². The van der Waals surface area contributed by atoms with Crippen molar-refractivity contribution in [3.05, 3.63) is 53.6 Å². The molecule has 0 aliphatic carbocycles. The summed E-state index contributed by atoms with van der Waals surface area (Å²) in [4.78, 5) is 11.7. The van der Waals surface area contributed by atoms with Gasteiger partial charge in [-0.25, -0.2) is 4.39 Å². The predicted octanol–water partition coefficient (Wildman–Crippen LogP) is 3.71. The SMILES string of the molecule is CCn1cc(C=CC(=O)Nc2cc(C(F)(F)F)ccc2F)cn1. The molecule has 0 spiro atoms. The third-order valence-corrected chi connectivity index (χ3v) is 2.96. The molecule has 0 aliphatic heterocycles. The van der Waals surface area contributed by atoms with Gasteiger partial charge in [-0.05, 0) is 31.2 Å². The quantitative estimate of drug-likeness (QED) is 0.687. The van der Waals surface area contributed by atoms with Crippen LogP contribution in [0.15, 0.2) is 36.7 Å². The number of hydrogen-bond acceptors (Lipinski definition) is 2. The number of hydrogen-bond donors (Lipinski definition) is 1. The lowest BCUT2D eigenvalue weighted by molar-refractivity contribution is -0.137. The standard InChI is InChI=1S/C15H13F4N3O/c1-2-22-9-10(8-20-22)3-6-14(23)21-13-7-11(15(17,18)19)4-5-12(13)16/h3-9H,2H2,1H3,(H,21,23). The number of rotatable bonds is 4. The van der Waals surface area contributed by atoms with Crippen LogP contribution in [0, 0.1) is 5.82 Å². The van der Waals surface area contributed by atoms with Gasteiger partial charge in [-0.15, -0.1) is 0 Å². The minimum Gasteiger partial charge on any atom is -0.320 e. The first-order chi connectivity index (χ1) is 10.8. The fourth-order valence-corrected chi connectivity index (χ4v) is 1.78. The molecule has 8 heteroatoms. The highest BCUT2D eigenvalue weighted by Crippen LogP contribution is 2.31. The van der Waals surface area contributed by atoms with Crippen LogP contribution in [-0.2, 0) is 17.5 Å². The number of alkyl halides is 3. The van der Waals surface area contributed by atoms with Crippen LogP contribution in [0.25, 0.3) is 6.08 Å². The second kappa shape index (κ2) is 6.64. The van der Waals surface area contributed by atoms with Gasteiger partial charge in [-0.1, -0.05) is 0 Å². The smallest absolute Gasteiger partial charge is 0.320 e. The van der Waals surface area contributed by atoms with Crippen molar-refractivity contribution in [3.63, 3.8) is 0 Å². The molecule has 0 atom stereocenters. The van der Waals surface area contributed by atoms with Gasteiger partial charge in [0.2, 0.25) is 5.91 Å². The van der Waals surface area contributed by atoms with Gasteiger partial charge in [0.1, 0.15) is 5.82 Å². The van der Waals surface area contributed by atoms with Crippen molar-refractivity contribution < 1.29 is 22.4 Å². The molecular formula is C15H13F4N3O. The number of aromatic nitrogens is 2. The number of halogens is 4. The minimum atomic E-state index is -4.61. The van der Waals surface area contributed by atoms with Crippen LogP contribution in [0.3, 0.4) is 0 Å². The summed E-state index contributed by atoms with van der Waals surface area (Å²) in [6.45, 7) is 2.55. The number of carbonyl (C=O) groups is 1. The molecule has 122 valence electrons. The highest BCUT2D eigenvalue weighted by molar-refractivity contribution is 6.02. The number of nitrogens with zero attached hydrogens (tertiary/aromatic N) is 2. The third kappa shape index (κ3) is 4.41. The van der Waals surface area contributed by atoms with Crippen LogP contribution in [0.5, 0.6) is 0 Å². The molecule has 1 amide bonds. The number of benzene rings is 1. The Morgan fingerprint density at radius 3 is 2.74 bits per heavy atom. The van der Waals surface area contributed by atoms with E-state index in [0.29, 0.717) is 30.3 Å². The van der Waals surface area contributed by atoms with Crippen molar-refractivity contribution in [1.29, 1.82) is 0 Å². The lowest BCUT2D eigenvalue weighted by atomic mass is 10.2. The van der Waals surface area contributed by atoms with E-state index in [2.05, 4.69) is 10.4 Å². The van der Waals surface area contributed by atoms with Gasteiger partial charge in [-0.2, -0.15) is 18.3 Å². The van der Waals surface area contributed by atoms with Crippen molar-refractivity contribution in [2.24, 2.45) is 0 Å². The molecule has 0 aliphatic rings. The highest BCUT2D eigenvalue weighted by Gasteiger charge is 2.31. The van der Waals surface area contributed by atoms with Crippen molar-refractivity contribution >= 4 is 17.7 Å². The summed E-state index contributed by atoms with van der Waals surface area (Å²) in [5.41, 5.74) is -0.923. The second-order valence-electron chi connectivity index (χ2n) is 4.64. The zero-order chi connectivity index (χ0) is 17.0. The summed E-state index contributed by atoms with van der Waals surface area (Å²) in [7, 11) is 0. The summed E-state index contributed by atoms with van der Waals surface area (Å²) in [5, 5.41) is 6.08. The van der Waals surface area contributed by atoms with E-state index in [4.69, 9.17) is 0 Å². The average molecular weight is 327 g/mol. The van der Waals surface area contributed by atoms with E-state index in [1.165, 1.54) is 12.3 Å². The van der Waals surface area contributed by atoms with Crippen molar-refractivity contribution in [2.75, 3.05) is 5.32 Å². The minimum absolute atomic E-state index is 0.529. The first-order valence-electron chi connectivity index (χ1n) is 6.68. The molecule has 0 radical (unpaired) electrons. The van der Waals surface area contributed by atoms with Crippen LogP contribution in [0.2, 0.25) is 0 Å². The molecule has 1 aromatic heterocycles. The molecule has 0 unspecified atom stereocenters. The Kier molecular flexibility index (Phi) is 4.83. The summed E-state index contributed by atoms with van der Waals surface area (Å²) in [6.07, 6.45) is 1.13. The van der Waals surface area contributed by atoms with Crippen LogP contribution in [0.1, 0.15) is 18.1 Å². The average Bonchev–Trinajstić information content (AvgIpc) is 2.94. The maximum Gasteiger partial charge on any atom is 0.416 e. The Morgan fingerprint density at radius 2 is 2.13 bits per heavy atom. The zero-order valence-electron chi connectivity index (χ0n) is 12.1. The molecular weight excluding hydrogens is 314 g/mol. The maximum absolute atomic E-state index is 13.5. The van der Waals surface area contributed by atoms with Crippen LogP contribution in [-0.4, -0.2) is 15.7 Å². The summed E-state index contributed by atoms with van der Waals surface area (Å²) in [6, 6.07) is 1.82. The molecule has 4 nitrogen and oxygen atoms in total. The summed E-state index contributed by atoms with van der Waals surface area (Å²) in [5.74, 6) is -1.69. The van der Waals surface area contributed by atoms with E-state index in [1.54, 1.807) is 10.9 Å². The summed E-state index contributed by atoms with van der Waals surface area (Å²) < 4.78 is 52.9. The molecule has 2 aromatic rings. The summed E-state index contributed by atoms with van der Waals surface area (Å²) >= 11 is 0. The molecule has 0 fully saturated rings. The Labute approximate surface area is 129 Å². The number of amides is 1. The monoisotopic (exact) mass is 327 g/mol. The van der Waals surface area contributed by atoms with Crippen LogP contribution in [0.4, 0.5) is 23.2 Å². The molecule has 0 saturated heterocycles. The molecule has 23 heavy (non-hydrogen) atoms. The Hall–Kier alpha value is -2.64. The Bertz CT molecular complexity index is 735. The maximum atomic E-state index is 13.5. The van der Waals surface area contributed by atoms with Crippen LogP contribution < -0.4 is 5.32 Å². The Morgan fingerprint density at radius 1 is 1.39 bits per heavy atom. The highest BCUT2D eigenvalue weighted by atomic mass is 19.4. The lowest BCUT2D eigenvalue weighted by Crippen LogP contribution is -2.12. The van der Waals surface area contributed by atoms with Gasteiger partial charge in [0, 0.05) is 24.4 Å². The number of carbonyl (C=O) groups excluding carboxylic acids is 1. The van der Waals surface area contributed by atoms with E-state index in [-0.39, 0.29) is 0 Å². The van der Waals surface area contributed by atoms with Crippen molar-refractivity contribution in [2.45, 2.75) is 19.6 Å². The van der Waals surface area contributed by atoms with Crippen molar-refractivity contribution in [3.8, 4) is 0 Å². The first-order valence-corrected chi connectivity index (χ1v) is 6.68. The number of anilines is 1. The van der Waals surface area contributed by atoms with E-state index in [1.807, 2.05) is 6.92 Å². The van der Waals surface area contributed by atoms with Crippen LogP contribution >= 0.6 is 0 Å². The molecule has 1 heterocycles. The van der Waals surface area contributed by atoms with Gasteiger partial charge in [0.05, 0.1) is 17.4 Å². The molecule has 1 aromatic carbocycles. The van der Waals surface area contributed by atoms with Gasteiger partial charge in [0.15, 0.2) is 0 Å². The molecule has 2 rings (SSSR count). The fourth-order valence-electron chi connectivity index (χ4n) is 1.78. The normalized spacial score (nSPS) is 11.9. The fraction of sp³-hybridized carbons (Fsp3) is 0.200. The number of nitrogens with one attached hydrogen (secondary N) is 1. The first kappa shape index (κ1) is 16.7. The predicted molar refractivity (Wildman–Crippen MR) is 77.0 cm³/mol. The van der Waals surface area contributed by atoms with E-state index in [0.717, 1.165) is 6.08 Å². The Balaban J connectivity index is 2.10.